The molecule has 0 saturated heterocycles. The quantitative estimate of drug-likeness (QED) is 0.0825. The molecule has 0 aliphatic carbocycles. The molecule has 1 N–H and O–H groups in total. The lowest BCUT2D eigenvalue weighted by Gasteiger charge is -2.25. The van der Waals surface area contributed by atoms with Crippen LogP contribution in [0.25, 0.3) is 0 Å². The van der Waals surface area contributed by atoms with Gasteiger partial charge in [0, 0.05) is 12.3 Å². The molecule has 0 atom stereocenters. The number of aliphatic imine (C=N–C) groups is 1. The Balaban J connectivity index is 1.23. The second-order valence-corrected chi connectivity index (χ2v) is 13.1. The van der Waals surface area contributed by atoms with E-state index in [2.05, 4.69) is 15.1 Å². The molecule has 55 heavy (non-hydrogen) atoms. The summed E-state index contributed by atoms with van der Waals surface area (Å²) in [6, 6.07) is 49.4. The number of aromatic nitrogens is 2. The van der Waals surface area contributed by atoms with Crippen molar-refractivity contribution in [3.63, 3.8) is 0 Å². The minimum absolute atomic E-state index is 0.0318. The Labute approximate surface area is 320 Å². The van der Waals surface area contributed by atoms with Crippen molar-refractivity contribution >= 4 is 34.4 Å². The van der Waals surface area contributed by atoms with Gasteiger partial charge in [-0.05, 0) is 27.8 Å². The Bertz CT molecular complexity index is 2360. The molecule has 0 aliphatic rings. The molecule has 0 fully saturated rings. The van der Waals surface area contributed by atoms with Gasteiger partial charge < -0.3 is 19.5 Å². The van der Waals surface area contributed by atoms with Crippen LogP contribution in [0.15, 0.2) is 185 Å². The number of carboxylic acid groups (broad SMARTS) is 1. The number of thiazole rings is 1. The summed E-state index contributed by atoms with van der Waals surface area (Å²) >= 11 is 1.05. The molecular formula is C44H34N4O6S. The van der Waals surface area contributed by atoms with Crippen LogP contribution in [-0.4, -0.2) is 32.7 Å². The number of ether oxygens (including phenoxy) is 1. The van der Waals surface area contributed by atoms with Crippen molar-refractivity contribution in [2.75, 3.05) is 0 Å². The highest BCUT2D eigenvalue weighted by molar-refractivity contribution is 7.18. The zero-order chi connectivity index (χ0) is 37.8. The van der Waals surface area contributed by atoms with Crippen LogP contribution in [0.4, 0.5) is 5.13 Å². The number of pyridine rings is 1. The predicted octanol–water partition coefficient (Wildman–Crippen LogP) is 8.45. The molecule has 0 amide bonds. The normalized spacial score (nSPS) is 11.6. The third kappa shape index (κ3) is 9.28. The van der Waals surface area contributed by atoms with Gasteiger partial charge in [0.25, 0.3) is 0 Å². The van der Waals surface area contributed by atoms with Crippen LogP contribution in [0.1, 0.15) is 50.6 Å². The van der Waals surface area contributed by atoms with E-state index in [9.17, 15) is 14.7 Å². The highest BCUT2D eigenvalue weighted by atomic mass is 32.1. The van der Waals surface area contributed by atoms with E-state index in [4.69, 9.17) is 14.4 Å². The third-order valence-electron chi connectivity index (χ3n) is 8.35. The molecule has 0 bridgehead atoms. The van der Waals surface area contributed by atoms with Gasteiger partial charge in [0.05, 0.1) is 17.3 Å². The van der Waals surface area contributed by atoms with Crippen LogP contribution in [0.3, 0.4) is 0 Å². The number of hydrogen-bond acceptors (Lipinski definition) is 9. The van der Waals surface area contributed by atoms with E-state index in [1.807, 2.05) is 152 Å². The highest BCUT2D eigenvalue weighted by Gasteiger charge is 2.23. The van der Waals surface area contributed by atoms with Crippen LogP contribution in [-0.2, 0) is 16.2 Å². The van der Waals surface area contributed by atoms with Crippen molar-refractivity contribution in [2.45, 2.75) is 18.8 Å². The first-order chi connectivity index (χ1) is 27.0. The fourth-order valence-corrected chi connectivity index (χ4v) is 6.42. The van der Waals surface area contributed by atoms with E-state index in [1.54, 1.807) is 6.21 Å². The summed E-state index contributed by atoms with van der Waals surface area (Å²) in [4.78, 5) is 47.3. The molecule has 0 spiro atoms. The number of oxime groups is 1. The standard InChI is InChI=1S/C44H34N4O6S/c49-37-26-36(30-52-47-40(43(50)51)39-28-46-44(55-39)45-27-31-16-6-1-7-17-31)48(54-42(34-22-12-4-13-23-34)35-24-14-5-15-25-35)29-38(37)53-41(32-18-8-2-9-19-32)33-20-10-3-11-21-33/h1-29,41-42H,30H2,(H,50,51). The van der Waals surface area contributed by atoms with E-state index in [-0.39, 0.29) is 28.6 Å². The van der Waals surface area contributed by atoms with Gasteiger partial charge in [0.1, 0.15) is 11.8 Å². The number of carbonyl (C=O) groups is 1. The summed E-state index contributed by atoms with van der Waals surface area (Å²) in [6.07, 6.45) is 3.29. The zero-order valence-electron chi connectivity index (χ0n) is 29.3. The first-order valence-electron chi connectivity index (χ1n) is 17.3. The van der Waals surface area contributed by atoms with Crippen LogP contribution in [0, 0.1) is 0 Å². The van der Waals surface area contributed by atoms with Gasteiger partial charge in [0.15, 0.2) is 18.5 Å². The number of rotatable bonds is 15. The second kappa shape index (κ2) is 17.6. The zero-order valence-corrected chi connectivity index (χ0v) is 30.1. The molecule has 5 aromatic carbocycles. The predicted molar refractivity (Wildman–Crippen MR) is 212 cm³/mol. The molecule has 2 aromatic heterocycles. The smallest absolute Gasteiger partial charge is 0.359 e. The van der Waals surface area contributed by atoms with Gasteiger partial charge >= 0.3 is 5.97 Å². The summed E-state index contributed by atoms with van der Waals surface area (Å²) in [5.41, 5.74) is 3.75. The Morgan fingerprint density at radius 1 is 0.745 bits per heavy atom. The maximum Gasteiger partial charge on any atom is 0.359 e. The Morgan fingerprint density at radius 2 is 1.25 bits per heavy atom. The number of hydrogen-bond donors (Lipinski definition) is 1. The lowest BCUT2D eigenvalue weighted by atomic mass is 10.0. The summed E-state index contributed by atoms with van der Waals surface area (Å²) in [5.74, 6) is -1.29. The largest absolute Gasteiger partial charge is 0.476 e. The van der Waals surface area contributed by atoms with Gasteiger partial charge in [0.2, 0.25) is 16.3 Å². The molecule has 0 unspecified atom stereocenters. The van der Waals surface area contributed by atoms with Gasteiger partial charge in [-0.25, -0.2) is 14.8 Å². The van der Waals surface area contributed by atoms with Crippen molar-refractivity contribution < 1.29 is 24.3 Å². The van der Waals surface area contributed by atoms with Crippen molar-refractivity contribution in [1.29, 1.82) is 0 Å². The van der Waals surface area contributed by atoms with E-state index < -0.39 is 23.6 Å². The molecule has 0 aliphatic heterocycles. The minimum atomic E-state index is -1.32. The lowest BCUT2D eigenvalue weighted by molar-refractivity contribution is -0.129. The van der Waals surface area contributed by atoms with Gasteiger partial charge in [-0.3, -0.25) is 4.79 Å². The Kier molecular flexibility index (Phi) is 11.6. The second-order valence-electron chi connectivity index (χ2n) is 12.1. The Hall–Kier alpha value is -7.11. The molecule has 2 heterocycles. The highest BCUT2D eigenvalue weighted by Crippen LogP contribution is 2.29. The monoisotopic (exact) mass is 746 g/mol. The maximum atomic E-state index is 13.8. The fourth-order valence-electron chi connectivity index (χ4n) is 5.68. The molecule has 272 valence electrons. The molecular weight excluding hydrogens is 713 g/mol. The van der Waals surface area contributed by atoms with Crippen LogP contribution in [0.5, 0.6) is 5.75 Å². The molecule has 0 radical (unpaired) electrons. The lowest BCUT2D eigenvalue weighted by Crippen LogP contribution is -2.26. The van der Waals surface area contributed by atoms with E-state index in [0.717, 1.165) is 39.2 Å². The fraction of sp³-hybridized carbons (Fsp3) is 0.0682. The molecule has 11 heteroatoms. The maximum absolute atomic E-state index is 13.8. The summed E-state index contributed by atoms with van der Waals surface area (Å²) in [7, 11) is 0. The van der Waals surface area contributed by atoms with E-state index in [1.165, 1.54) is 23.2 Å². The summed E-state index contributed by atoms with van der Waals surface area (Å²) in [6.45, 7) is -0.318. The van der Waals surface area contributed by atoms with E-state index in [0.29, 0.717) is 5.13 Å². The van der Waals surface area contributed by atoms with Gasteiger partial charge in [-0.2, -0.15) is 4.73 Å². The third-order valence-corrected chi connectivity index (χ3v) is 9.26. The van der Waals surface area contributed by atoms with Crippen LogP contribution >= 0.6 is 11.3 Å². The van der Waals surface area contributed by atoms with Crippen molar-refractivity contribution in [3.8, 4) is 5.75 Å². The number of aliphatic carboxylic acids is 1. The topological polar surface area (TPSA) is 125 Å². The molecule has 7 aromatic rings. The van der Waals surface area contributed by atoms with Crippen molar-refractivity contribution in [2.24, 2.45) is 10.1 Å². The Morgan fingerprint density at radius 3 is 1.78 bits per heavy atom. The first kappa shape index (κ1) is 36.3. The SMILES string of the molecule is O=C(O)C(=NOCc1cc(=O)c(OC(c2ccccc2)c2ccccc2)cn1OC(c1ccccc1)c1ccccc1)c1cnc(N=Cc2ccccc2)s1. The number of nitrogens with zero attached hydrogens (tertiary/aromatic N) is 4. The number of carboxylic acids is 1. The van der Waals surface area contributed by atoms with Crippen LogP contribution < -0.4 is 15.0 Å². The van der Waals surface area contributed by atoms with Crippen molar-refractivity contribution in [1.82, 2.24) is 9.71 Å². The van der Waals surface area contributed by atoms with Gasteiger partial charge in [-0.1, -0.05) is 168 Å². The minimum Gasteiger partial charge on any atom is -0.476 e. The molecule has 0 saturated carbocycles. The van der Waals surface area contributed by atoms with Gasteiger partial charge in [-0.15, -0.1) is 0 Å². The first-order valence-corrected chi connectivity index (χ1v) is 18.1. The summed E-state index contributed by atoms with van der Waals surface area (Å²) in [5, 5.41) is 14.4. The van der Waals surface area contributed by atoms with Crippen molar-refractivity contribution in [3.05, 3.63) is 219 Å². The molecule has 10 nitrogen and oxygen atoms in total. The number of benzene rings is 5. The molecule has 7 rings (SSSR count). The van der Waals surface area contributed by atoms with E-state index >= 15 is 0 Å². The average molecular weight is 747 g/mol. The average Bonchev–Trinajstić information content (AvgIpc) is 3.71. The van der Waals surface area contributed by atoms with Crippen LogP contribution in [0.2, 0.25) is 0 Å². The summed E-state index contributed by atoms with van der Waals surface area (Å²) < 4.78 is 7.94.